The van der Waals surface area contributed by atoms with Crippen molar-refractivity contribution < 1.29 is 27.4 Å². The Morgan fingerprint density at radius 2 is 1.94 bits per heavy atom. The van der Waals surface area contributed by atoms with Crippen LogP contribution in [-0.2, 0) is 10.9 Å². The summed E-state index contributed by atoms with van der Waals surface area (Å²) in [6.45, 7) is -0.488. The molecule has 0 bridgehead atoms. The summed E-state index contributed by atoms with van der Waals surface area (Å²) >= 11 is 0. The second-order valence-electron chi connectivity index (χ2n) is 3.59. The maximum atomic E-state index is 13.1. The van der Waals surface area contributed by atoms with Crippen LogP contribution in [0.4, 0.5) is 17.6 Å². The molecule has 0 heterocycles. The van der Waals surface area contributed by atoms with Crippen LogP contribution in [0.15, 0.2) is 18.2 Å². The summed E-state index contributed by atoms with van der Waals surface area (Å²) in [6, 6.07) is 2.13. The van der Waals surface area contributed by atoms with Gasteiger partial charge in [0, 0.05) is 6.54 Å². The van der Waals surface area contributed by atoms with Crippen LogP contribution in [-0.4, -0.2) is 24.9 Å². The zero-order valence-electron chi connectivity index (χ0n) is 9.38. The van der Waals surface area contributed by atoms with Crippen LogP contribution in [0, 0.1) is 5.82 Å². The zero-order valence-corrected chi connectivity index (χ0v) is 9.38. The number of nitrogens with two attached hydrogens (primary N) is 1. The molecule has 0 aliphatic carbocycles. The number of alkyl halides is 3. The van der Waals surface area contributed by atoms with E-state index in [0.29, 0.717) is 6.07 Å². The highest BCUT2D eigenvalue weighted by molar-refractivity contribution is 5.28. The summed E-state index contributed by atoms with van der Waals surface area (Å²) in [4.78, 5) is 0. The summed E-state index contributed by atoms with van der Waals surface area (Å²) in [5.41, 5.74) is 4.25. The fourth-order valence-corrected chi connectivity index (χ4v) is 1.46. The Hall–Kier alpha value is -1.18. The molecule has 1 aromatic carbocycles. The van der Waals surface area contributed by atoms with Crippen LogP contribution in [0.5, 0.6) is 0 Å². The van der Waals surface area contributed by atoms with Gasteiger partial charge in [0.2, 0.25) is 0 Å². The predicted molar refractivity (Wildman–Crippen MR) is 56.2 cm³/mol. The normalized spacial score (nSPS) is 13.7. The highest BCUT2D eigenvalue weighted by Gasteiger charge is 2.32. The van der Waals surface area contributed by atoms with E-state index in [1.807, 2.05) is 0 Å². The minimum Gasteiger partial charge on any atom is -0.394 e. The Morgan fingerprint density at radius 1 is 1.28 bits per heavy atom. The monoisotopic (exact) mass is 267 g/mol. The number of aliphatic hydroxyl groups is 1. The Bertz CT molecular complexity index is 395. The van der Waals surface area contributed by atoms with Gasteiger partial charge in [-0.1, -0.05) is 0 Å². The summed E-state index contributed by atoms with van der Waals surface area (Å²) in [5.74, 6) is -1.01. The van der Waals surface area contributed by atoms with Crippen LogP contribution in [0.3, 0.4) is 0 Å². The number of hydrogen-bond donors (Lipinski definition) is 2. The van der Waals surface area contributed by atoms with Crippen LogP contribution in [0.25, 0.3) is 0 Å². The van der Waals surface area contributed by atoms with Gasteiger partial charge < -0.3 is 15.6 Å². The fraction of sp³-hybridized carbons (Fsp3) is 0.455. The molecule has 1 aromatic rings. The Morgan fingerprint density at radius 3 is 2.44 bits per heavy atom. The lowest BCUT2D eigenvalue weighted by Gasteiger charge is -2.17. The average molecular weight is 267 g/mol. The van der Waals surface area contributed by atoms with Gasteiger partial charge in [-0.05, 0) is 23.8 Å². The number of hydrogen-bond acceptors (Lipinski definition) is 3. The van der Waals surface area contributed by atoms with Crippen molar-refractivity contribution in [2.24, 2.45) is 5.73 Å². The molecule has 0 aliphatic heterocycles. The van der Waals surface area contributed by atoms with Crippen molar-refractivity contribution >= 4 is 0 Å². The van der Waals surface area contributed by atoms with Gasteiger partial charge in [-0.2, -0.15) is 13.2 Å². The van der Waals surface area contributed by atoms with Crippen LogP contribution < -0.4 is 5.73 Å². The van der Waals surface area contributed by atoms with E-state index < -0.39 is 23.7 Å². The summed E-state index contributed by atoms with van der Waals surface area (Å²) in [6.07, 6.45) is -5.51. The average Bonchev–Trinajstić information content (AvgIpc) is 2.28. The van der Waals surface area contributed by atoms with Crippen molar-refractivity contribution in [1.82, 2.24) is 0 Å². The smallest absolute Gasteiger partial charge is 0.394 e. The topological polar surface area (TPSA) is 55.5 Å². The van der Waals surface area contributed by atoms with Crippen molar-refractivity contribution in [1.29, 1.82) is 0 Å². The first-order chi connectivity index (χ1) is 8.38. The number of benzene rings is 1. The molecule has 1 unspecified atom stereocenters. The van der Waals surface area contributed by atoms with E-state index in [4.69, 9.17) is 15.6 Å². The molecule has 3 nitrogen and oxygen atoms in total. The molecule has 0 saturated heterocycles. The van der Waals surface area contributed by atoms with E-state index in [0.717, 1.165) is 12.1 Å². The van der Waals surface area contributed by atoms with Gasteiger partial charge in [0.05, 0.1) is 24.9 Å². The molecule has 102 valence electrons. The molecular weight excluding hydrogens is 254 g/mol. The minimum absolute atomic E-state index is 0.00160. The molecule has 0 saturated carbocycles. The number of rotatable bonds is 5. The maximum absolute atomic E-state index is 13.1. The number of halogens is 4. The van der Waals surface area contributed by atoms with Crippen molar-refractivity contribution in [2.45, 2.75) is 12.3 Å². The van der Waals surface area contributed by atoms with Crippen LogP contribution >= 0.6 is 0 Å². The van der Waals surface area contributed by atoms with Crippen molar-refractivity contribution in [3.8, 4) is 0 Å². The van der Waals surface area contributed by atoms with E-state index in [9.17, 15) is 17.6 Å². The predicted octanol–water partition coefficient (Wildman–Crippen LogP) is 1.85. The third-order valence-electron chi connectivity index (χ3n) is 2.24. The second kappa shape index (κ2) is 6.12. The van der Waals surface area contributed by atoms with Crippen molar-refractivity contribution in [2.75, 3.05) is 19.8 Å². The van der Waals surface area contributed by atoms with E-state index in [1.165, 1.54) is 0 Å². The maximum Gasteiger partial charge on any atom is 0.416 e. The molecule has 0 radical (unpaired) electrons. The number of aliphatic hydroxyl groups excluding tert-OH is 1. The molecular formula is C11H13F4NO2. The summed E-state index contributed by atoms with van der Waals surface area (Å²) in [7, 11) is 0. The van der Waals surface area contributed by atoms with Gasteiger partial charge >= 0.3 is 6.18 Å². The van der Waals surface area contributed by atoms with Gasteiger partial charge in [0.25, 0.3) is 0 Å². The first kappa shape index (κ1) is 14.9. The van der Waals surface area contributed by atoms with Gasteiger partial charge in [0.1, 0.15) is 5.82 Å². The van der Waals surface area contributed by atoms with Crippen LogP contribution in [0.2, 0.25) is 0 Å². The third-order valence-corrected chi connectivity index (χ3v) is 2.24. The SMILES string of the molecule is NCC(OCCO)c1cc(F)cc(C(F)(F)F)c1. The molecule has 1 atom stereocenters. The van der Waals surface area contributed by atoms with Gasteiger partial charge in [-0.25, -0.2) is 4.39 Å². The first-order valence-electron chi connectivity index (χ1n) is 5.18. The Balaban J connectivity index is 3.04. The van der Waals surface area contributed by atoms with E-state index >= 15 is 0 Å². The molecule has 0 amide bonds. The molecule has 0 aromatic heterocycles. The highest BCUT2D eigenvalue weighted by Crippen LogP contribution is 2.32. The lowest BCUT2D eigenvalue weighted by atomic mass is 10.1. The molecule has 3 N–H and O–H groups in total. The van der Waals surface area contributed by atoms with Crippen molar-refractivity contribution in [3.63, 3.8) is 0 Å². The van der Waals surface area contributed by atoms with Crippen molar-refractivity contribution in [3.05, 3.63) is 35.1 Å². The molecule has 0 fully saturated rings. The van der Waals surface area contributed by atoms with E-state index in [2.05, 4.69) is 0 Å². The molecule has 0 aliphatic rings. The lowest BCUT2D eigenvalue weighted by Crippen LogP contribution is -2.18. The Kier molecular flexibility index (Phi) is 5.06. The standard InChI is InChI=1S/C11H13F4NO2/c12-9-4-7(10(6-16)18-2-1-17)3-8(5-9)11(13,14)15/h3-5,10,17H,1-2,6,16H2. The Labute approximate surface area is 101 Å². The van der Waals surface area contributed by atoms with E-state index in [1.54, 1.807) is 0 Å². The lowest BCUT2D eigenvalue weighted by molar-refractivity contribution is -0.137. The van der Waals surface area contributed by atoms with Gasteiger partial charge in [-0.15, -0.1) is 0 Å². The second-order valence-corrected chi connectivity index (χ2v) is 3.59. The largest absolute Gasteiger partial charge is 0.416 e. The quantitative estimate of drug-likeness (QED) is 0.800. The fourth-order valence-electron chi connectivity index (χ4n) is 1.46. The van der Waals surface area contributed by atoms with Gasteiger partial charge in [0.15, 0.2) is 0 Å². The molecule has 7 heteroatoms. The zero-order chi connectivity index (χ0) is 13.8. The van der Waals surface area contributed by atoms with E-state index in [-0.39, 0.29) is 25.3 Å². The van der Waals surface area contributed by atoms with Crippen LogP contribution in [0.1, 0.15) is 17.2 Å². The minimum atomic E-state index is -4.63. The number of ether oxygens (including phenoxy) is 1. The molecule has 18 heavy (non-hydrogen) atoms. The van der Waals surface area contributed by atoms with Gasteiger partial charge in [-0.3, -0.25) is 0 Å². The molecule has 1 rings (SSSR count). The highest BCUT2D eigenvalue weighted by atomic mass is 19.4. The molecule has 0 spiro atoms. The first-order valence-corrected chi connectivity index (χ1v) is 5.18. The third kappa shape index (κ3) is 3.94. The summed E-state index contributed by atoms with van der Waals surface area (Å²) in [5, 5.41) is 8.58. The summed E-state index contributed by atoms with van der Waals surface area (Å²) < 4.78 is 55.6.